The van der Waals surface area contributed by atoms with Gasteiger partial charge in [-0.05, 0) is 49.1 Å². The van der Waals surface area contributed by atoms with Gasteiger partial charge in [0.1, 0.15) is 5.76 Å². The standard InChI is InChI=1S/C23H25N3O2/c1-26(2)19-12-8-16(9-13-19)14-15-24-22(27)20-21(17-10-11-17)28-23(25-20)18-6-4-3-5-7-18/h3-9,12-13,17H,10-11,14-15H2,1-2H3,(H,24,27). The third kappa shape index (κ3) is 4.09. The molecule has 1 amide bonds. The van der Waals surface area contributed by atoms with E-state index in [0.29, 0.717) is 24.0 Å². The molecule has 0 aliphatic heterocycles. The van der Waals surface area contributed by atoms with Gasteiger partial charge in [-0.3, -0.25) is 4.79 Å². The van der Waals surface area contributed by atoms with Gasteiger partial charge in [-0.25, -0.2) is 4.98 Å². The number of rotatable bonds is 7. The monoisotopic (exact) mass is 375 g/mol. The Kier molecular flexibility index (Phi) is 5.15. The molecule has 4 rings (SSSR count). The van der Waals surface area contributed by atoms with Crippen LogP contribution >= 0.6 is 0 Å². The van der Waals surface area contributed by atoms with Crippen molar-refractivity contribution < 1.29 is 9.21 Å². The van der Waals surface area contributed by atoms with Gasteiger partial charge in [0.2, 0.25) is 5.89 Å². The number of anilines is 1. The Bertz CT molecular complexity index is 942. The van der Waals surface area contributed by atoms with Gasteiger partial charge in [0, 0.05) is 37.8 Å². The molecule has 144 valence electrons. The quantitative estimate of drug-likeness (QED) is 0.670. The van der Waals surface area contributed by atoms with Crippen LogP contribution in [0.5, 0.6) is 0 Å². The zero-order valence-electron chi connectivity index (χ0n) is 16.3. The first-order valence-corrected chi connectivity index (χ1v) is 9.72. The van der Waals surface area contributed by atoms with Crippen molar-refractivity contribution in [2.75, 3.05) is 25.5 Å². The van der Waals surface area contributed by atoms with Crippen LogP contribution in [-0.2, 0) is 6.42 Å². The first kappa shape index (κ1) is 18.3. The Balaban J connectivity index is 1.42. The predicted octanol–water partition coefficient (Wildman–Crippen LogP) is 4.26. The minimum Gasteiger partial charge on any atom is -0.440 e. The summed E-state index contributed by atoms with van der Waals surface area (Å²) in [5.41, 5.74) is 3.69. The summed E-state index contributed by atoms with van der Waals surface area (Å²) in [6.07, 6.45) is 2.89. The van der Waals surface area contributed by atoms with E-state index in [0.717, 1.165) is 36.3 Å². The molecule has 0 unspecified atom stereocenters. The predicted molar refractivity (Wildman–Crippen MR) is 111 cm³/mol. The summed E-state index contributed by atoms with van der Waals surface area (Å²) in [6.45, 7) is 0.567. The molecule has 1 N–H and O–H groups in total. The van der Waals surface area contributed by atoms with E-state index in [1.54, 1.807) is 0 Å². The minimum absolute atomic E-state index is 0.155. The highest BCUT2D eigenvalue weighted by Gasteiger charge is 2.34. The fourth-order valence-corrected chi connectivity index (χ4v) is 3.19. The number of amides is 1. The maximum atomic E-state index is 12.7. The fraction of sp³-hybridized carbons (Fsp3) is 0.304. The number of carbonyl (C=O) groups excluding carboxylic acids is 1. The SMILES string of the molecule is CN(C)c1ccc(CCNC(=O)c2nc(-c3ccccc3)oc2C2CC2)cc1. The van der Waals surface area contributed by atoms with Crippen molar-refractivity contribution in [1.29, 1.82) is 0 Å². The number of nitrogens with zero attached hydrogens (tertiary/aromatic N) is 2. The van der Waals surface area contributed by atoms with Crippen molar-refractivity contribution in [3.05, 3.63) is 71.6 Å². The lowest BCUT2D eigenvalue weighted by Gasteiger charge is -2.12. The number of hydrogen-bond donors (Lipinski definition) is 1. The van der Waals surface area contributed by atoms with Gasteiger partial charge in [0.05, 0.1) is 0 Å². The summed E-state index contributed by atoms with van der Waals surface area (Å²) in [7, 11) is 4.04. The molecule has 5 heteroatoms. The number of nitrogens with one attached hydrogen (secondary N) is 1. The summed E-state index contributed by atoms with van der Waals surface area (Å²) >= 11 is 0. The van der Waals surface area contributed by atoms with Crippen LogP contribution in [0.4, 0.5) is 5.69 Å². The molecule has 0 bridgehead atoms. The topological polar surface area (TPSA) is 58.4 Å². The highest BCUT2D eigenvalue weighted by Crippen LogP contribution is 2.43. The Morgan fingerprint density at radius 2 is 1.82 bits per heavy atom. The molecule has 5 nitrogen and oxygen atoms in total. The summed E-state index contributed by atoms with van der Waals surface area (Å²) < 4.78 is 5.97. The lowest BCUT2D eigenvalue weighted by atomic mass is 10.1. The van der Waals surface area contributed by atoms with Gasteiger partial charge in [-0.15, -0.1) is 0 Å². The van der Waals surface area contributed by atoms with Gasteiger partial charge in [0.15, 0.2) is 5.69 Å². The third-order valence-corrected chi connectivity index (χ3v) is 4.99. The summed E-state index contributed by atoms with van der Waals surface area (Å²) in [4.78, 5) is 19.3. The van der Waals surface area contributed by atoms with Gasteiger partial charge in [0.25, 0.3) is 5.91 Å². The van der Waals surface area contributed by atoms with E-state index >= 15 is 0 Å². The first-order chi connectivity index (χ1) is 13.6. The molecule has 3 aromatic rings. The lowest BCUT2D eigenvalue weighted by molar-refractivity contribution is 0.0947. The van der Waals surface area contributed by atoms with Crippen LogP contribution < -0.4 is 10.2 Å². The normalized spacial score (nSPS) is 13.4. The fourth-order valence-electron chi connectivity index (χ4n) is 3.19. The van der Waals surface area contributed by atoms with Gasteiger partial charge < -0.3 is 14.6 Å². The second kappa shape index (κ2) is 7.89. The van der Waals surface area contributed by atoms with E-state index in [1.807, 2.05) is 44.4 Å². The average Bonchev–Trinajstić information content (AvgIpc) is 3.47. The van der Waals surface area contributed by atoms with Crippen LogP contribution in [0.3, 0.4) is 0 Å². The van der Waals surface area contributed by atoms with Crippen LogP contribution in [0.1, 0.15) is 40.6 Å². The van der Waals surface area contributed by atoms with Crippen molar-refractivity contribution >= 4 is 11.6 Å². The molecule has 2 aromatic carbocycles. The molecular weight excluding hydrogens is 350 g/mol. The van der Waals surface area contributed by atoms with Crippen LogP contribution in [0.2, 0.25) is 0 Å². The molecule has 1 aromatic heterocycles. The van der Waals surface area contributed by atoms with E-state index in [2.05, 4.69) is 39.5 Å². The molecule has 0 saturated heterocycles. The van der Waals surface area contributed by atoms with E-state index in [4.69, 9.17) is 4.42 Å². The number of aromatic nitrogens is 1. The second-order valence-electron chi connectivity index (χ2n) is 7.44. The molecule has 1 aliphatic carbocycles. The highest BCUT2D eigenvalue weighted by molar-refractivity contribution is 5.94. The molecule has 0 spiro atoms. The Hall–Kier alpha value is -3.08. The van der Waals surface area contributed by atoms with Crippen molar-refractivity contribution in [2.45, 2.75) is 25.2 Å². The molecule has 1 aliphatic rings. The third-order valence-electron chi connectivity index (χ3n) is 4.99. The zero-order valence-corrected chi connectivity index (χ0v) is 16.3. The van der Waals surface area contributed by atoms with E-state index in [9.17, 15) is 4.79 Å². The van der Waals surface area contributed by atoms with Gasteiger partial charge >= 0.3 is 0 Å². The number of hydrogen-bond acceptors (Lipinski definition) is 4. The molecule has 0 atom stereocenters. The first-order valence-electron chi connectivity index (χ1n) is 9.72. The highest BCUT2D eigenvalue weighted by atomic mass is 16.4. The van der Waals surface area contributed by atoms with E-state index < -0.39 is 0 Å². The maximum absolute atomic E-state index is 12.7. The van der Waals surface area contributed by atoms with Gasteiger partial charge in [-0.2, -0.15) is 0 Å². The molecule has 1 heterocycles. The van der Waals surface area contributed by atoms with Crippen molar-refractivity contribution in [3.8, 4) is 11.5 Å². The number of oxazole rings is 1. The smallest absolute Gasteiger partial charge is 0.273 e. The van der Waals surface area contributed by atoms with Gasteiger partial charge in [-0.1, -0.05) is 30.3 Å². The van der Waals surface area contributed by atoms with Crippen molar-refractivity contribution in [3.63, 3.8) is 0 Å². The van der Waals surface area contributed by atoms with E-state index in [-0.39, 0.29) is 5.91 Å². The Morgan fingerprint density at radius 1 is 1.11 bits per heavy atom. The maximum Gasteiger partial charge on any atom is 0.273 e. The number of benzene rings is 2. The molecule has 1 saturated carbocycles. The van der Waals surface area contributed by atoms with Crippen LogP contribution in [-0.4, -0.2) is 31.5 Å². The average molecular weight is 375 g/mol. The lowest BCUT2D eigenvalue weighted by Crippen LogP contribution is -2.26. The summed E-state index contributed by atoms with van der Waals surface area (Å²) in [5, 5.41) is 3.00. The second-order valence-corrected chi connectivity index (χ2v) is 7.44. The Morgan fingerprint density at radius 3 is 2.46 bits per heavy atom. The van der Waals surface area contributed by atoms with Crippen molar-refractivity contribution in [1.82, 2.24) is 10.3 Å². The summed E-state index contributed by atoms with van der Waals surface area (Å²) in [5.74, 6) is 1.42. The minimum atomic E-state index is -0.155. The largest absolute Gasteiger partial charge is 0.440 e. The molecule has 1 fully saturated rings. The van der Waals surface area contributed by atoms with Crippen LogP contribution in [0.15, 0.2) is 59.0 Å². The Labute approximate surface area is 165 Å². The van der Waals surface area contributed by atoms with E-state index in [1.165, 1.54) is 5.56 Å². The zero-order chi connectivity index (χ0) is 19.5. The van der Waals surface area contributed by atoms with Crippen molar-refractivity contribution in [2.24, 2.45) is 0 Å². The number of carbonyl (C=O) groups is 1. The molecular formula is C23H25N3O2. The molecule has 28 heavy (non-hydrogen) atoms. The van der Waals surface area contributed by atoms with Crippen LogP contribution in [0.25, 0.3) is 11.5 Å². The van der Waals surface area contributed by atoms with Crippen LogP contribution in [0, 0.1) is 0 Å². The molecule has 0 radical (unpaired) electrons. The summed E-state index contributed by atoms with van der Waals surface area (Å²) in [6, 6.07) is 18.1.